The molecule has 0 aliphatic heterocycles. The second-order valence-corrected chi connectivity index (χ2v) is 6.05. The molecular formula is C18H13Cl2N3O4. The molecule has 2 N–H and O–H groups in total. The average Bonchev–Trinajstić information content (AvgIpc) is 2.65. The number of hydrogen-bond acceptors (Lipinski definition) is 5. The Morgan fingerprint density at radius 3 is 2.41 bits per heavy atom. The Hall–Kier alpha value is -3.08. The third-order valence-corrected chi connectivity index (χ3v) is 3.78. The molecule has 0 spiro atoms. The Labute approximate surface area is 164 Å². The highest BCUT2D eigenvalue weighted by atomic mass is 35.5. The van der Waals surface area contributed by atoms with E-state index in [9.17, 15) is 14.4 Å². The Morgan fingerprint density at radius 2 is 1.78 bits per heavy atom. The summed E-state index contributed by atoms with van der Waals surface area (Å²) in [7, 11) is 0. The van der Waals surface area contributed by atoms with Gasteiger partial charge in [-0.05, 0) is 42.5 Å². The van der Waals surface area contributed by atoms with Gasteiger partial charge in [0.15, 0.2) is 6.61 Å². The van der Waals surface area contributed by atoms with E-state index in [1.165, 1.54) is 18.2 Å². The van der Waals surface area contributed by atoms with E-state index in [-0.39, 0.29) is 10.6 Å². The maximum Gasteiger partial charge on any atom is 0.325 e. The van der Waals surface area contributed by atoms with Crippen LogP contribution >= 0.6 is 23.2 Å². The van der Waals surface area contributed by atoms with Crippen molar-refractivity contribution >= 4 is 46.7 Å². The number of benzene rings is 2. The zero-order valence-electron chi connectivity index (χ0n) is 13.8. The van der Waals surface area contributed by atoms with Gasteiger partial charge in [-0.2, -0.15) is 5.26 Å². The standard InChI is InChI=1S/C18H13Cl2N3O4/c19-12-3-6-14(15(20)7-12)18(26)22-9-17(25)27-10-16(24)23-13-4-1-11(8-21)2-5-13/h1-7H,9-10H2,(H,22,26)(H,23,24). The number of anilines is 1. The van der Waals surface area contributed by atoms with E-state index < -0.39 is 30.9 Å². The zero-order chi connectivity index (χ0) is 19.8. The quantitative estimate of drug-likeness (QED) is 0.718. The number of halogens is 2. The molecule has 2 amide bonds. The van der Waals surface area contributed by atoms with Crippen molar-refractivity contribution in [2.75, 3.05) is 18.5 Å². The minimum Gasteiger partial charge on any atom is -0.454 e. The largest absolute Gasteiger partial charge is 0.454 e. The van der Waals surface area contributed by atoms with Crippen molar-refractivity contribution < 1.29 is 19.1 Å². The van der Waals surface area contributed by atoms with Crippen LogP contribution in [-0.2, 0) is 14.3 Å². The summed E-state index contributed by atoms with van der Waals surface area (Å²) < 4.78 is 4.78. The number of hydrogen-bond donors (Lipinski definition) is 2. The summed E-state index contributed by atoms with van der Waals surface area (Å²) in [6.07, 6.45) is 0. The van der Waals surface area contributed by atoms with E-state index >= 15 is 0 Å². The highest BCUT2D eigenvalue weighted by Crippen LogP contribution is 2.20. The first-order valence-corrected chi connectivity index (χ1v) is 8.33. The smallest absolute Gasteiger partial charge is 0.325 e. The fraction of sp³-hybridized carbons (Fsp3) is 0.111. The first-order chi connectivity index (χ1) is 12.9. The maximum absolute atomic E-state index is 12.0. The van der Waals surface area contributed by atoms with Crippen molar-refractivity contribution in [3.8, 4) is 6.07 Å². The molecule has 0 bridgehead atoms. The topological polar surface area (TPSA) is 108 Å². The normalized spacial score (nSPS) is 9.81. The molecule has 7 nitrogen and oxygen atoms in total. The molecule has 0 saturated heterocycles. The van der Waals surface area contributed by atoms with E-state index in [0.29, 0.717) is 16.3 Å². The van der Waals surface area contributed by atoms with Gasteiger partial charge in [-0.25, -0.2) is 0 Å². The molecule has 0 heterocycles. The number of carbonyl (C=O) groups is 3. The molecule has 0 aliphatic rings. The predicted molar refractivity (Wildman–Crippen MR) is 99.5 cm³/mol. The fourth-order valence-electron chi connectivity index (χ4n) is 1.94. The van der Waals surface area contributed by atoms with E-state index in [4.69, 9.17) is 33.2 Å². The lowest BCUT2D eigenvalue weighted by molar-refractivity contribution is -0.146. The van der Waals surface area contributed by atoms with Gasteiger partial charge in [-0.1, -0.05) is 23.2 Å². The number of nitrogens with zero attached hydrogens (tertiary/aromatic N) is 1. The number of esters is 1. The molecular weight excluding hydrogens is 393 g/mol. The second kappa shape index (κ2) is 9.57. The van der Waals surface area contributed by atoms with Gasteiger partial charge >= 0.3 is 5.97 Å². The number of nitrogens with one attached hydrogen (secondary N) is 2. The second-order valence-electron chi connectivity index (χ2n) is 5.20. The van der Waals surface area contributed by atoms with Crippen molar-refractivity contribution in [3.63, 3.8) is 0 Å². The highest BCUT2D eigenvalue weighted by Gasteiger charge is 2.13. The Bertz CT molecular complexity index is 908. The lowest BCUT2D eigenvalue weighted by Crippen LogP contribution is -2.32. The molecule has 0 saturated carbocycles. The minimum absolute atomic E-state index is 0.148. The van der Waals surface area contributed by atoms with Gasteiger partial charge in [-0.3, -0.25) is 14.4 Å². The predicted octanol–water partition coefficient (Wildman–Crippen LogP) is 2.78. The summed E-state index contributed by atoms with van der Waals surface area (Å²) in [5.74, 6) is -1.92. The zero-order valence-corrected chi connectivity index (χ0v) is 15.3. The van der Waals surface area contributed by atoms with Crippen molar-refractivity contribution in [1.29, 1.82) is 5.26 Å². The van der Waals surface area contributed by atoms with Crippen LogP contribution in [0.4, 0.5) is 5.69 Å². The van der Waals surface area contributed by atoms with Gasteiger partial charge < -0.3 is 15.4 Å². The van der Waals surface area contributed by atoms with E-state index in [1.54, 1.807) is 24.3 Å². The van der Waals surface area contributed by atoms with Crippen LogP contribution in [-0.4, -0.2) is 30.9 Å². The Balaban J connectivity index is 1.75. The van der Waals surface area contributed by atoms with Crippen LogP contribution in [0.2, 0.25) is 10.0 Å². The van der Waals surface area contributed by atoms with Crippen LogP contribution in [0.3, 0.4) is 0 Å². The summed E-state index contributed by atoms with van der Waals surface area (Å²) in [5.41, 5.74) is 1.07. The number of ether oxygens (including phenoxy) is 1. The number of amides is 2. The SMILES string of the molecule is N#Cc1ccc(NC(=O)COC(=O)CNC(=O)c2ccc(Cl)cc2Cl)cc1. The molecule has 2 rings (SSSR count). The average molecular weight is 406 g/mol. The van der Waals surface area contributed by atoms with Gasteiger partial charge in [0.1, 0.15) is 6.54 Å². The van der Waals surface area contributed by atoms with Crippen LogP contribution in [0.5, 0.6) is 0 Å². The monoisotopic (exact) mass is 405 g/mol. The molecule has 2 aromatic carbocycles. The van der Waals surface area contributed by atoms with Gasteiger partial charge in [0.2, 0.25) is 0 Å². The van der Waals surface area contributed by atoms with Crippen molar-refractivity contribution in [1.82, 2.24) is 5.32 Å². The molecule has 9 heteroatoms. The molecule has 0 aliphatic carbocycles. The van der Waals surface area contributed by atoms with Crippen molar-refractivity contribution in [2.45, 2.75) is 0 Å². The summed E-state index contributed by atoms with van der Waals surface area (Å²) in [6, 6.07) is 12.5. The summed E-state index contributed by atoms with van der Waals surface area (Å²) in [4.78, 5) is 35.4. The van der Waals surface area contributed by atoms with Gasteiger partial charge in [0.25, 0.3) is 11.8 Å². The number of carbonyl (C=O) groups excluding carboxylic acids is 3. The van der Waals surface area contributed by atoms with E-state index in [0.717, 1.165) is 0 Å². The lowest BCUT2D eigenvalue weighted by Gasteiger charge is -2.08. The molecule has 0 fully saturated rings. The first kappa shape index (κ1) is 20.2. The lowest BCUT2D eigenvalue weighted by atomic mass is 10.2. The van der Waals surface area contributed by atoms with Gasteiger partial charge in [-0.15, -0.1) is 0 Å². The third kappa shape index (κ3) is 6.29. The van der Waals surface area contributed by atoms with Gasteiger partial charge in [0.05, 0.1) is 22.2 Å². The van der Waals surface area contributed by atoms with Crippen LogP contribution in [0.1, 0.15) is 15.9 Å². The Morgan fingerprint density at radius 1 is 1.07 bits per heavy atom. The number of nitriles is 1. The number of rotatable bonds is 6. The molecule has 27 heavy (non-hydrogen) atoms. The molecule has 0 aromatic heterocycles. The molecule has 138 valence electrons. The maximum atomic E-state index is 12.0. The summed E-state index contributed by atoms with van der Waals surface area (Å²) in [5, 5.41) is 14.1. The summed E-state index contributed by atoms with van der Waals surface area (Å²) >= 11 is 11.7. The van der Waals surface area contributed by atoms with E-state index in [2.05, 4.69) is 10.6 Å². The van der Waals surface area contributed by atoms with Crippen LogP contribution in [0.15, 0.2) is 42.5 Å². The third-order valence-electron chi connectivity index (χ3n) is 3.23. The minimum atomic E-state index is -0.789. The first-order valence-electron chi connectivity index (χ1n) is 7.58. The van der Waals surface area contributed by atoms with Crippen LogP contribution in [0, 0.1) is 11.3 Å². The van der Waals surface area contributed by atoms with Crippen LogP contribution < -0.4 is 10.6 Å². The molecule has 2 aromatic rings. The molecule has 0 radical (unpaired) electrons. The van der Waals surface area contributed by atoms with Crippen LogP contribution in [0.25, 0.3) is 0 Å². The highest BCUT2D eigenvalue weighted by molar-refractivity contribution is 6.36. The van der Waals surface area contributed by atoms with Crippen molar-refractivity contribution in [3.05, 3.63) is 63.6 Å². The fourth-order valence-corrected chi connectivity index (χ4v) is 2.44. The van der Waals surface area contributed by atoms with E-state index in [1.807, 2.05) is 6.07 Å². The van der Waals surface area contributed by atoms with Gasteiger partial charge in [0, 0.05) is 10.7 Å². The van der Waals surface area contributed by atoms with Crippen molar-refractivity contribution in [2.24, 2.45) is 0 Å². The summed E-state index contributed by atoms with van der Waals surface area (Å²) in [6.45, 7) is -0.946. The molecule has 0 atom stereocenters. The Kier molecular flexibility index (Phi) is 7.17. The molecule has 0 unspecified atom stereocenters.